The fourth-order valence-corrected chi connectivity index (χ4v) is 2.13. The highest BCUT2D eigenvalue weighted by molar-refractivity contribution is 6.30. The number of halogens is 1. The first-order valence-electron chi connectivity index (χ1n) is 5.47. The molecule has 2 aromatic rings. The number of aryl methyl sites for hydroxylation is 2. The van der Waals surface area contributed by atoms with Crippen LogP contribution in [-0.4, -0.2) is 21.3 Å². The van der Waals surface area contributed by atoms with Crippen molar-refractivity contribution in [3.8, 4) is 11.3 Å². The van der Waals surface area contributed by atoms with E-state index in [0.717, 1.165) is 27.9 Å². The van der Waals surface area contributed by atoms with Crippen LogP contribution in [0.4, 0.5) is 0 Å². The summed E-state index contributed by atoms with van der Waals surface area (Å²) in [5, 5.41) is 16.3. The van der Waals surface area contributed by atoms with Gasteiger partial charge in [-0.05, 0) is 38.0 Å². The predicted octanol–water partition coefficient (Wildman–Crippen LogP) is 3.35. The number of benzene rings is 1. The largest absolute Gasteiger partial charge is 0.478 e. The van der Waals surface area contributed by atoms with Gasteiger partial charge >= 0.3 is 5.97 Å². The standard InChI is InChI=1S/C13H13ClN2O2/c1-6-4-7(2)10(13(17)18)5-9(6)11-8(3)12(14)16-15-11/h4-5H,1-3H3,(H,15,16)(H,17,18). The Bertz CT molecular complexity index is 632. The highest BCUT2D eigenvalue weighted by Gasteiger charge is 2.15. The number of aromatic nitrogens is 2. The maximum absolute atomic E-state index is 11.2. The molecular weight excluding hydrogens is 252 g/mol. The van der Waals surface area contributed by atoms with E-state index in [9.17, 15) is 4.79 Å². The Morgan fingerprint density at radius 2 is 1.94 bits per heavy atom. The van der Waals surface area contributed by atoms with Crippen LogP contribution in [-0.2, 0) is 0 Å². The van der Waals surface area contributed by atoms with Gasteiger partial charge in [0.15, 0.2) is 5.15 Å². The zero-order chi connectivity index (χ0) is 13.4. The fourth-order valence-electron chi connectivity index (χ4n) is 1.99. The average Bonchev–Trinajstić information content (AvgIpc) is 2.60. The number of hydrogen-bond donors (Lipinski definition) is 2. The minimum atomic E-state index is -0.933. The molecule has 94 valence electrons. The molecule has 0 saturated carbocycles. The van der Waals surface area contributed by atoms with E-state index in [2.05, 4.69) is 10.2 Å². The minimum absolute atomic E-state index is 0.292. The van der Waals surface area contributed by atoms with Crippen LogP contribution in [0.3, 0.4) is 0 Å². The molecule has 0 radical (unpaired) electrons. The second-order valence-electron chi connectivity index (χ2n) is 4.30. The Labute approximate surface area is 110 Å². The first-order chi connectivity index (χ1) is 8.41. The Kier molecular flexibility index (Phi) is 3.13. The zero-order valence-corrected chi connectivity index (χ0v) is 11.1. The number of aromatic carboxylic acids is 1. The lowest BCUT2D eigenvalue weighted by atomic mass is 9.97. The van der Waals surface area contributed by atoms with Crippen molar-refractivity contribution in [3.63, 3.8) is 0 Å². The first kappa shape index (κ1) is 12.6. The summed E-state index contributed by atoms with van der Waals surface area (Å²) in [6.07, 6.45) is 0. The Morgan fingerprint density at radius 3 is 2.44 bits per heavy atom. The number of carboxylic acids is 1. The van der Waals surface area contributed by atoms with Crippen molar-refractivity contribution in [2.45, 2.75) is 20.8 Å². The van der Waals surface area contributed by atoms with Gasteiger partial charge in [-0.1, -0.05) is 17.7 Å². The van der Waals surface area contributed by atoms with E-state index in [1.165, 1.54) is 0 Å². The number of carbonyl (C=O) groups is 1. The molecule has 1 aromatic heterocycles. The van der Waals surface area contributed by atoms with Crippen LogP contribution in [0.2, 0.25) is 5.15 Å². The lowest BCUT2D eigenvalue weighted by Crippen LogP contribution is -2.01. The van der Waals surface area contributed by atoms with Gasteiger partial charge in [0.25, 0.3) is 0 Å². The smallest absolute Gasteiger partial charge is 0.335 e. The fraction of sp³-hybridized carbons (Fsp3) is 0.231. The lowest BCUT2D eigenvalue weighted by Gasteiger charge is -2.09. The van der Waals surface area contributed by atoms with Gasteiger partial charge in [-0.25, -0.2) is 4.79 Å². The normalized spacial score (nSPS) is 10.7. The predicted molar refractivity (Wildman–Crippen MR) is 70.2 cm³/mol. The summed E-state index contributed by atoms with van der Waals surface area (Å²) in [6.45, 7) is 5.57. The second-order valence-corrected chi connectivity index (χ2v) is 4.66. The minimum Gasteiger partial charge on any atom is -0.478 e. The zero-order valence-electron chi connectivity index (χ0n) is 10.3. The van der Waals surface area contributed by atoms with Crippen molar-refractivity contribution in [2.24, 2.45) is 0 Å². The van der Waals surface area contributed by atoms with Crippen LogP contribution >= 0.6 is 11.6 Å². The summed E-state index contributed by atoms with van der Waals surface area (Å²) in [5.74, 6) is -0.933. The number of carboxylic acid groups (broad SMARTS) is 1. The van der Waals surface area contributed by atoms with Gasteiger partial charge in [0, 0.05) is 11.1 Å². The van der Waals surface area contributed by atoms with E-state index < -0.39 is 5.97 Å². The number of nitrogens with one attached hydrogen (secondary N) is 1. The van der Waals surface area contributed by atoms with Gasteiger partial charge in [0.05, 0.1) is 11.3 Å². The van der Waals surface area contributed by atoms with Crippen molar-refractivity contribution in [1.82, 2.24) is 10.2 Å². The molecular formula is C13H13ClN2O2. The molecule has 0 aliphatic carbocycles. The van der Waals surface area contributed by atoms with E-state index in [0.29, 0.717) is 10.7 Å². The Morgan fingerprint density at radius 1 is 1.28 bits per heavy atom. The van der Waals surface area contributed by atoms with E-state index in [1.807, 2.05) is 19.9 Å². The van der Waals surface area contributed by atoms with Crippen molar-refractivity contribution >= 4 is 17.6 Å². The van der Waals surface area contributed by atoms with E-state index in [1.54, 1.807) is 13.0 Å². The molecule has 4 nitrogen and oxygen atoms in total. The lowest BCUT2D eigenvalue weighted by molar-refractivity contribution is 0.0696. The molecule has 0 aliphatic heterocycles. The van der Waals surface area contributed by atoms with Gasteiger partial charge in [-0.3, -0.25) is 5.10 Å². The highest BCUT2D eigenvalue weighted by Crippen LogP contribution is 2.30. The van der Waals surface area contributed by atoms with E-state index in [-0.39, 0.29) is 0 Å². The summed E-state index contributed by atoms with van der Waals surface area (Å²) < 4.78 is 0. The molecule has 0 fully saturated rings. The molecule has 0 spiro atoms. The van der Waals surface area contributed by atoms with Gasteiger partial charge in [-0.15, -0.1) is 0 Å². The monoisotopic (exact) mass is 264 g/mol. The van der Waals surface area contributed by atoms with Crippen LogP contribution in [0, 0.1) is 20.8 Å². The molecule has 2 N–H and O–H groups in total. The molecule has 1 heterocycles. The summed E-state index contributed by atoms with van der Waals surface area (Å²) in [4.78, 5) is 11.2. The molecule has 0 saturated heterocycles. The summed E-state index contributed by atoms with van der Waals surface area (Å²) in [5.41, 5.74) is 4.42. The molecule has 5 heteroatoms. The summed E-state index contributed by atoms with van der Waals surface area (Å²) in [6, 6.07) is 3.51. The third-order valence-electron chi connectivity index (χ3n) is 3.02. The molecule has 0 aliphatic rings. The van der Waals surface area contributed by atoms with Gasteiger partial charge in [-0.2, -0.15) is 5.10 Å². The molecule has 18 heavy (non-hydrogen) atoms. The van der Waals surface area contributed by atoms with Gasteiger partial charge in [0.2, 0.25) is 0 Å². The number of nitrogens with zero attached hydrogens (tertiary/aromatic N) is 1. The molecule has 0 atom stereocenters. The second kappa shape index (κ2) is 4.46. The van der Waals surface area contributed by atoms with Crippen LogP contribution in [0.1, 0.15) is 27.0 Å². The van der Waals surface area contributed by atoms with Gasteiger partial charge < -0.3 is 5.11 Å². The number of H-pyrrole nitrogens is 1. The molecule has 0 unspecified atom stereocenters. The number of hydrogen-bond acceptors (Lipinski definition) is 2. The maximum atomic E-state index is 11.2. The van der Waals surface area contributed by atoms with Crippen molar-refractivity contribution in [2.75, 3.05) is 0 Å². The average molecular weight is 265 g/mol. The molecule has 0 bridgehead atoms. The quantitative estimate of drug-likeness (QED) is 0.874. The molecule has 2 rings (SSSR count). The Balaban J connectivity index is 2.68. The SMILES string of the molecule is Cc1cc(C)c(-c2[nH]nc(Cl)c2C)cc1C(=O)O. The van der Waals surface area contributed by atoms with Crippen molar-refractivity contribution in [1.29, 1.82) is 0 Å². The third-order valence-corrected chi connectivity index (χ3v) is 3.39. The Hall–Kier alpha value is -1.81. The van der Waals surface area contributed by atoms with Crippen LogP contribution in [0.15, 0.2) is 12.1 Å². The maximum Gasteiger partial charge on any atom is 0.335 e. The number of aromatic amines is 1. The van der Waals surface area contributed by atoms with Crippen LogP contribution in [0.25, 0.3) is 11.3 Å². The van der Waals surface area contributed by atoms with Crippen LogP contribution in [0.5, 0.6) is 0 Å². The highest BCUT2D eigenvalue weighted by atomic mass is 35.5. The molecule has 0 amide bonds. The topological polar surface area (TPSA) is 66.0 Å². The summed E-state index contributed by atoms with van der Waals surface area (Å²) in [7, 11) is 0. The first-order valence-corrected chi connectivity index (χ1v) is 5.85. The van der Waals surface area contributed by atoms with Crippen molar-refractivity contribution in [3.05, 3.63) is 39.5 Å². The van der Waals surface area contributed by atoms with Crippen LogP contribution < -0.4 is 0 Å². The van der Waals surface area contributed by atoms with Crippen molar-refractivity contribution < 1.29 is 9.90 Å². The van der Waals surface area contributed by atoms with E-state index >= 15 is 0 Å². The third kappa shape index (κ3) is 1.99. The van der Waals surface area contributed by atoms with E-state index in [4.69, 9.17) is 16.7 Å². The summed E-state index contributed by atoms with van der Waals surface area (Å²) >= 11 is 5.91. The number of rotatable bonds is 2. The molecule has 1 aromatic carbocycles. The van der Waals surface area contributed by atoms with Gasteiger partial charge in [0.1, 0.15) is 0 Å².